The lowest BCUT2D eigenvalue weighted by molar-refractivity contribution is 0.170. The van der Waals surface area contributed by atoms with Crippen LogP contribution in [0.3, 0.4) is 0 Å². The predicted molar refractivity (Wildman–Crippen MR) is 53.6 cm³/mol. The minimum absolute atomic E-state index is 0.0984. The third-order valence-corrected chi connectivity index (χ3v) is 1.90. The largest absolute Gasteiger partial charge is 0.396 e. The van der Waals surface area contributed by atoms with Gasteiger partial charge in [0.2, 0.25) is 0 Å². The van der Waals surface area contributed by atoms with Gasteiger partial charge in [-0.2, -0.15) is 0 Å². The molecule has 0 fully saturated rings. The van der Waals surface area contributed by atoms with Gasteiger partial charge in [-0.15, -0.1) is 0 Å². The van der Waals surface area contributed by atoms with E-state index in [0.717, 1.165) is 6.20 Å². The average Bonchev–Trinajstić information content (AvgIpc) is 2.17. The Kier molecular flexibility index (Phi) is 3.41. The Morgan fingerprint density at radius 3 is 2.71 bits per heavy atom. The Bertz CT molecular complexity index is 285. The zero-order valence-corrected chi connectivity index (χ0v) is 8.42. The van der Waals surface area contributed by atoms with Crippen molar-refractivity contribution in [3.63, 3.8) is 0 Å². The Balaban J connectivity index is 2.50. The lowest BCUT2D eigenvalue weighted by Crippen LogP contribution is -2.27. The van der Waals surface area contributed by atoms with E-state index < -0.39 is 0 Å². The zero-order chi connectivity index (χ0) is 10.6. The molecule has 0 unspecified atom stereocenters. The van der Waals surface area contributed by atoms with E-state index in [1.54, 1.807) is 6.07 Å². The van der Waals surface area contributed by atoms with Crippen LogP contribution in [-0.4, -0.2) is 23.2 Å². The quantitative estimate of drug-likeness (QED) is 0.773. The molecule has 0 spiro atoms. The number of anilines is 1. The van der Waals surface area contributed by atoms with Crippen LogP contribution in [0.5, 0.6) is 0 Å². The standard InChI is InChI=1S/C10H15FN2O/c1-10(2,7-14)6-13-9-4-3-8(11)5-12-9/h3-5,14H,6-7H2,1-2H3,(H,12,13). The van der Waals surface area contributed by atoms with Gasteiger partial charge in [-0.25, -0.2) is 9.37 Å². The van der Waals surface area contributed by atoms with Crippen LogP contribution in [0.15, 0.2) is 18.3 Å². The SMILES string of the molecule is CC(C)(CO)CNc1ccc(F)cn1. The van der Waals surface area contributed by atoms with E-state index in [-0.39, 0.29) is 17.8 Å². The third-order valence-electron chi connectivity index (χ3n) is 1.90. The van der Waals surface area contributed by atoms with Crippen molar-refractivity contribution in [2.45, 2.75) is 13.8 Å². The zero-order valence-electron chi connectivity index (χ0n) is 8.42. The first-order chi connectivity index (χ1) is 6.53. The number of hydrogen-bond acceptors (Lipinski definition) is 3. The van der Waals surface area contributed by atoms with Gasteiger partial charge in [-0.05, 0) is 12.1 Å². The fraction of sp³-hybridized carbons (Fsp3) is 0.500. The lowest BCUT2D eigenvalue weighted by atomic mass is 9.95. The molecule has 0 aliphatic carbocycles. The highest BCUT2D eigenvalue weighted by Crippen LogP contribution is 2.14. The van der Waals surface area contributed by atoms with E-state index in [4.69, 9.17) is 5.11 Å². The molecule has 0 bridgehead atoms. The van der Waals surface area contributed by atoms with Crippen LogP contribution in [0.4, 0.5) is 10.2 Å². The molecule has 1 rings (SSSR count). The van der Waals surface area contributed by atoms with Crippen molar-refractivity contribution in [1.29, 1.82) is 0 Å². The van der Waals surface area contributed by atoms with Crippen LogP contribution >= 0.6 is 0 Å². The van der Waals surface area contributed by atoms with Gasteiger partial charge in [-0.1, -0.05) is 13.8 Å². The highest BCUT2D eigenvalue weighted by Gasteiger charge is 2.15. The number of aliphatic hydroxyl groups excluding tert-OH is 1. The third kappa shape index (κ3) is 3.30. The van der Waals surface area contributed by atoms with Crippen molar-refractivity contribution in [1.82, 2.24) is 4.98 Å². The summed E-state index contributed by atoms with van der Waals surface area (Å²) < 4.78 is 12.5. The van der Waals surface area contributed by atoms with Gasteiger partial charge in [0.15, 0.2) is 0 Å². The summed E-state index contributed by atoms with van der Waals surface area (Å²) in [6.45, 7) is 4.57. The molecule has 14 heavy (non-hydrogen) atoms. The van der Waals surface area contributed by atoms with Crippen molar-refractivity contribution >= 4 is 5.82 Å². The maximum atomic E-state index is 12.5. The number of nitrogens with one attached hydrogen (secondary N) is 1. The van der Waals surface area contributed by atoms with Crippen molar-refractivity contribution in [2.75, 3.05) is 18.5 Å². The highest BCUT2D eigenvalue weighted by molar-refractivity contribution is 5.33. The topological polar surface area (TPSA) is 45.1 Å². The van der Waals surface area contributed by atoms with Crippen LogP contribution in [0.1, 0.15) is 13.8 Å². The minimum atomic E-state index is -0.350. The lowest BCUT2D eigenvalue weighted by Gasteiger charge is -2.22. The molecule has 0 radical (unpaired) electrons. The summed E-state index contributed by atoms with van der Waals surface area (Å²) in [5.74, 6) is 0.268. The number of aromatic nitrogens is 1. The molecule has 0 saturated heterocycles. The summed E-state index contributed by atoms with van der Waals surface area (Å²) >= 11 is 0. The summed E-state index contributed by atoms with van der Waals surface area (Å²) in [6, 6.07) is 2.92. The molecule has 0 aliphatic heterocycles. The van der Waals surface area contributed by atoms with Gasteiger partial charge in [0, 0.05) is 18.6 Å². The van der Waals surface area contributed by atoms with E-state index >= 15 is 0 Å². The van der Waals surface area contributed by atoms with E-state index in [1.165, 1.54) is 6.07 Å². The Hall–Kier alpha value is -1.16. The van der Waals surface area contributed by atoms with Gasteiger partial charge in [-0.3, -0.25) is 0 Å². The van der Waals surface area contributed by atoms with E-state index in [9.17, 15) is 4.39 Å². The molecular weight excluding hydrogens is 183 g/mol. The Labute approximate surface area is 83.0 Å². The monoisotopic (exact) mass is 198 g/mol. The van der Waals surface area contributed by atoms with Crippen LogP contribution < -0.4 is 5.32 Å². The molecule has 0 atom stereocenters. The molecule has 0 aromatic carbocycles. The molecule has 1 aromatic rings. The van der Waals surface area contributed by atoms with E-state index in [1.807, 2.05) is 13.8 Å². The maximum Gasteiger partial charge on any atom is 0.141 e. The number of nitrogens with zero attached hydrogens (tertiary/aromatic N) is 1. The highest BCUT2D eigenvalue weighted by atomic mass is 19.1. The first-order valence-electron chi connectivity index (χ1n) is 4.50. The van der Waals surface area contributed by atoms with Crippen molar-refractivity contribution in [2.24, 2.45) is 5.41 Å². The molecule has 0 saturated carbocycles. The van der Waals surface area contributed by atoms with E-state index in [0.29, 0.717) is 12.4 Å². The summed E-state index contributed by atoms with van der Waals surface area (Å²) in [4.78, 5) is 3.85. The number of rotatable bonds is 4. The average molecular weight is 198 g/mol. The normalized spacial score (nSPS) is 11.4. The summed E-state index contributed by atoms with van der Waals surface area (Å²) in [5, 5.41) is 12.0. The second-order valence-corrected chi connectivity index (χ2v) is 4.04. The second-order valence-electron chi connectivity index (χ2n) is 4.04. The maximum absolute atomic E-state index is 12.5. The minimum Gasteiger partial charge on any atom is -0.396 e. The van der Waals surface area contributed by atoms with Crippen molar-refractivity contribution in [3.8, 4) is 0 Å². The van der Waals surface area contributed by atoms with Crippen molar-refractivity contribution in [3.05, 3.63) is 24.1 Å². The van der Waals surface area contributed by atoms with Gasteiger partial charge in [0.1, 0.15) is 11.6 Å². The molecule has 0 amide bonds. The Morgan fingerprint density at radius 2 is 2.21 bits per heavy atom. The molecular formula is C10H15FN2O. The molecule has 1 heterocycles. The molecule has 1 aromatic heterocycles. The molecule has 4 heteroatoms. The molecule has 0 aliphatic rings. The van der Waals surface area contributed by atoms with Crippen LogP contribution in [0.2, 0.25) is 0 Å². The number of halogens is 1. The van der Waals surface area contributed by atoms with Gasteiger partial charge in [0.05, 0.1) is 6.20 Å². The molecule has 2 N–H and O–H groups in total. The first kappa shape index (κ1) is 10.9. The fourth-order valence-electron chi connectivity index (χ4n) is 0.866. The van der Waals surface area contributed by atoms with Crippen LogP contribution in [-0.2, 0) is 0 Å². The summed E-state index contributed by atoms with van der Waals surface area (Å²) in [7, 11) is 0. The Morgan fingerprint density at radius 1 is 1.50 bits per heavy atom. The fourth-order valence-corrected chi connectivity index (χ4v) is 0.866. The van der Waals surface area contributed by atoms with Crippen LogP contribution in [0.25, 0.3) is 0 Å². The smallest absolute Gasteiger partial charge is 0.141 e. The summed E-state index contributed by atoms with van der Waals surface area (Å²) in [6.07, 6.45) is 1.16. The van der Waals surface area contributed by atoms with Gasteiger partial charge >= 0.3 is 0 Å². The molecule has 78 valence electrons. The first-order valence-corrected chi connectivity index (χ1v) is 4.50. The second kappa shape index (κ2) is 4.37. The number of aliphatic hydroxyl groups is 1. The van der Waals surface area contributed by atoms with Gasteiger partial charge in [0.25, 0.3) is 0 Å². The molecule has 3 nitrogen and oxygen atoms in total. The van der Waals surface area contributed by atoms with Crippen molar-refractivity contribution < 1.29 is 9.50 Å². The van der Waals surface area contributed by atoms with E-state index in [2.05, 4.69) is 10.3 Å². The van der Waals surface area contributed by atoms with Crippen LogP contribution in [0, 0.1) is 11.2 Å². The number of hydrogen-bond donors (Lipinski definition) is 2. The van der Waals surface area contributed by atoms with Gasteiger partial charge < -0.3 is 10.4 Å². The summed E-state index contributed by atoms with van der Waals surface area (Å²) in [5.41, 5.74) is -0.198. The number of pyridine rings is 1. The predicted octanol–water partition coefficient (Wildman–Crippen LogP) is 1.65.